The normalized spacial score (nSPS) is 7.53. The van der Waals surface area contributed by atoms with E-state index in [1.165, 1.54) is 38.5 Å². The van der Waals surface area contributed by atoms with Crippen LogP contribution in [0.1, 0.15) is 85.8 Å². The maximum atomic E-state index is 4.46. The van der Waals surface area contributed by atoms with Gasteiger partial charge in [0.2, 0.25) is 0 Å². The standard InChI is InChI=1S/C4H5NO.3C4H10.Sn/c1-4-2-3-6-5-4;3*1-3-4-2;/h2-3H,1H3;3*3-4H2,1-2H3;. The minimum Gasteiger partial charge on any atom is -0.365 e. The molecule has 0 aromatic carbocycles. The third-order valence-electron chi connectivity index (χ3n) is 2.07. The molecule has 0 spiro atoms. The quantitative estimate of drug-likeness (QED) is 0.603. The van der Waals surface area contributed by atoms with Crippen molar-refractivity contribution in [1.29, 1.82) is 0 Å². The Balaban J connectivity index is -0.0000000796. The van der Waals surface area contributed by atoms with Gasteiger partial charge in [-0.15, -0.1) is 0 Å². The molecule has 1 heterocycles. The molecule has 1 aromatic rings. The van der Waals surface area contributed by atoms with Gasteiger partial charge in [0.1, 0.15) is 6.26 Å². The first-order valence-corrected chi connectivity index (χ1v) is 7.51. The Labute approximate surface area is 138 Å². The monoisotopic (exact) mass is 377 g/mol. The minimum absolute atomic E-state index is 0. The molecule has 1 aromatic heterocycles. The van der Waals surface area contributed by atoms with Crippen molar-refractivity contribution in [3.8, 4) is 0 Å². The van der Waals surface area contributed by atoms with Gasteiger partial charge in [-0.3, -0.25) is 0 Å². The van der Waals surface area contributed by atoms with Crippen LogP contribution < -0.4 is 0 Å². The molecular weight excluding hydrogens is 341 g/mol. The molecule has 0 unspecified atom stereocenters. The van der Waals surface area contributed by atoms with Crippen LogP contribution in [0.2, 0.25) is 0 Å². The molecule has 0 fully saturated rings. The second kappa shape index (κ2) is 30.8. The van der Waals surface area contributed by atoms with Crippen LogP contribution in [0.15, 0.2) is 16.9 Å². The molecule has 3 heteroatoms. The summed E-state index contributed by atoms with van der Waals surface area (Å²) in [7, 11) is 0. The van der Waals surface area contributed by atoms with E-state index in [0.717, 1.165) is 5.69 Å². The van der Waals surface area contributed by atoms with Crippen molar-refractivity contribution in [1.82, 2.24) is 5.16 Å². The van der Waals surface area contributed by atoms with Gasteiger partial charge in [-0.05, 0) is 6.92 Å². The SMILES string of the molecule is CCCC.CCCC.CCCC.Cc1ccon1.[Sn]. The summed E-state index contributed by atoms with van der Waals surface area (Å²) in [5.41, 5.74) is 0.926. The van der Waals surface area contributed by atoms with Crippen molar-refractivity contribution in [2.45, 2.75) is 87.0 Å². The van der Waals surface area contributed by atoms with Gasteiger partial charge in [0.05, 0.1) is 5.69 Å². The summed E-state index contributed by atoms with van der Waals surface area (Å²) < 4.78 is 4.46. The van der Waals surface area contributed by atoms with Crippen LogP contribution in [0.4, 0.5) is 0 Å². The fourth-order valence-corrected chi connectivity index (χ4v) is 0.273. The molecule has 0 bridgehead atoms. The Kier molecular flexibility index (Phi) is 44.3. The molecule has 0 aliphatic carbocycles. The smallest absolute Gasteiger partial charge is 0.124 e. The second-order valence-electron chi connectivity index (χ2n) is 4.14. The van der Waals surface area contributed by atoms with E-state index in [-0.39, 0.29) is 23.9 Å². The van der Waals surface area contributed by atoms with Gasteiger partial charge in [0.25, 0.3) is 0 Å². The molecule has 0 amide bonds. The number of rotatable bonds is 3. The van der Waals surface area contributed by atoms with Crippen LogP contribution in [0, 0.1) is 6.92 Å². The van der Waals surface area contributed by atoms with Crippen LogP contribution in [-0.2, 0) is 0 Å². The van der Waals surface area contributed by atoms with Crippen molar-refractivity contribution in [2.24, 2.45) is 0 Å². The molecule has 0 saturated carbocycles. The van der Waals surface area contributed by atoms with E-state index in [2.05, 4.69) is 51.2 Å². The molecule has 0 aliphatic heterocycles. The van der Waals surface area contributed by atoms with E-state index in [9.17, 15) is 0 Å². The number of hydrogen-bond donors (Lipinski definition) is 0. The molecule has 0 atom stereocenters. The zero-order chi connectivity index (χ0) is 14.6. The molecule has 0 saturated heterocycles. The molecule has 1 rings (SSSR count). The van der Waals surface area contributed by atoms with Gasteiger partial charge in [0.15, 0.2) is 0 Å². The number of nitrogens with zero attached hydrogens (tertiary/aromatic N) is 1. The molecule has 114 valence electrons. The Morgan fingerprint density at radius 3 is 1.16 bits per heavy atom. The van der Waals surface area contributed by atoms with Crippen molar-refractivity contribution < 1.29 is 4.52 Å². The predicted molar refractivity (Wildman–Crippen MR) is 88.7 cm³/mol. The van der Waals surface area contributed by atoms with Crippen molar-refractivity contribution in [2.75, 3.05) is 0 Å². The van der Waals surface area contributed by atoms with Crippen LogP contribution in [0.5, 0.6) is 0 Å². The zero-order valence-electron chi connectivity index (χ0n) is 14.3. The van der Waals surface area contributed by atoms with Crippen LogP contribution in [-0.4, -0.2) is 29.1 Å². The molecule has 0 aliphatic rings. The number of hydrogen-bond acceptors (Lipinski definition) is 2. The van der Waals surface area contributed by atoms with Gasteiger partial charge >= 0.3 is 0 Å². The Morgan fingerprint density at radius 1 is 0.789 bits per heavy atom. The van der Waals surface area contributed by atoms with Crippen LogP contribution in [0.3, 0.4) is 0 Å². The Bertz CT molecular complexity index is 173. The summed E-state index contributed by atoms with van der Waals surface area (Å²) in [5, 5.41) is 3.54. The number of unbranched alkanes of at least 4 members (excludes halogenated alkanes) is 3. The van der Waals surface area contributed by atoms with E-state index in [0.29, 0.717) is 0 Å². The summed E-state index contributed by atoms with van der Waals surface area (Å²) in [5.74, 6) is 0. The summed E-state index contributed by atoms with van der Waals surface area (Å²) >= 11 is 0. The van der Waals surface area contributed by atoms with Crippen molar-refractivity contribution in [3.05, 3.63) is 18.0 Å². The predicted octanol–water partition coefficient (Wildman–Crippen LogP) is 6.02. The van der Waals surface area contributed by atoms with E-state index in [1.54, 1.807) is 12.3 Å². The average Bonchev–Trinajstić information content (AvgIpc) is 2.90. The van der Waals surface area contributed by atoms with Gasteiger partial charge < -0.3 is 4.52 Å². The molecule has 0 N–H and O–H groups in total. The van der Waals surface area contributed by atoms with E-state index >= 15 is 0 Å². The van der Waals surface area contributed by atoms with Gasteiger partial charge in [0, 0.05) is 30.0 Å². The van der Waals surface area contributed by atoms with Crippen LogP contribution >= 0.6 is 0 Å². The van der Waals surface area contributed by atoms with Crippen molar-refractivity contribution >= 4 is 23.9 Å². The first-order chi connectivity index (χ1) is 8.64. The fourth-order valence-electron chi connectivity index (χ4n) is 0.273. The maximum absolute atomic E-state index is 4.46. The van der Waals surface area contributed by atoms with Gasteiger partial charge in [-0.25, -0.2) is 0 Å². The van der Waals surface area contributed by atoms with E-state index in [1.807, 2.05) is 6.92 Å². The van der Waals surface area contributed by atoms with Crippen LogP contribution in [0.25, 0.3) is 0 Å². The number of aromatic nitrogens is 1. The van der Waals surface area contributed by atoms with E-state index < -0.39 is 0 Å². The zero-order valence-corrected chi connectivity index (χ0v) is 17.1. The molecule has 2 nitrogen and oxygen atoms in total. The largest absolute Gasteiger partial charge is 0.365 e. The third kappa shape index (κ3) is 46.1. The number of aryl methyl sites for hydroxylation is 1. The minimum atomic E-state index is 0. The summed E-state index contributed by atoms with van der Waals surface area (Å²) in [6, 6.07) is 1.81. The first kappa shape index (κ1) is 27.4. The summed E-state index contributed by atoms with van der Waals surface area (Å²) in [6.07, 6.45) is 9.47. The van der Waals surface area contributed by atoms with Gasteiger partial charge in [-0.1, -0.05) is 85.2 Å². The topological polar surface area (TPSA) is 26.0 Å². The third-order valence-corrected chi connectivity index (χ3v) is 2.07. The molecule has 4 radical (unpaired) electrons. The maximum Gasteiger partial charge on any atom is 0.124 e. The summed E-state index contributed by atoms with van der Waals surface area (Å²) in [6.45, 7) is 15.0. The second-order valence-corrected chi connectivity index (χ2v) is 4.14. The van der Waals surface area contributed by atoms with Crippen molar-refractivity contribution in [3.63, 3.8) is 0 Å². The van der Waals surface area contributed by atoms with E-state index in [4.69, 9.17) is 0 Å². The molecule has 19 heavy (non-hydrogen) atoms. The summed E-state index contributed by atoms with van der Waals surface area (Å²) in [4.78, 5) is 0. The Morgan fingerprint density at radius 2 is 1.11 bits per heavy atom. The Hall–Kier alpha value is 0.00870. The molecular formula is C16H35NOSn. The first-order valence-electron chi connectivity index (χ1n) is 7.51. The average molecular weight is 376 g/mol. The fraction of sp³-hybridized carbons (Fsp3) is 0.812. The van der Waals surface area contributed by atoms with Gasteiger partial charge in [-0.2, -0.15) is 0 Å².